The Kier molecular flexibility index (Phi) is 4.13. The zero-order chi connectivity index (χ0) is 15.6. The smallest absolute Gasteiger partial charge is 0.374 e. The molecule has 1 aliphatic heterocycles. The zero-order valence-electron chi connectivity index (χ0n) is 11.7. The Hall–Kier alpha value is -2.54. The number of aliphatic hydroxyl groups excluding tert-OH is 1. The van der Waals surface area contributed by atoms with Crippen LogP contribution in [0, 0.1) is 0 Å². The number of fused-ring (bicyclic) bond motifs is 1. The molecule has 0 aliphatic carbocycles. The van der Waals surface area contributed by atoms with Crippen LogP contribution in [0.25, 0.3) is 0 Å². The molecule has 0 saturated carbocycles. The van der Waals surface area contributed by atoms with Crippen molar-refractivity contribution in [1.82, 2.24) is 0 Å². The first-order valence-electron chi connectivity index (χ1n) is 5.98. The summed E-state index contributed by atoms with van der Waals surface area (Å²) in [5, 5.41) is 10.4. The average Bonchev–Trinajstić information content (AvgIpc) is 2.52. The molecule has 0 saturated heterocycles. The number of hydrogen-bond acceptors (Lipinski definition) is 7. The third-order valence-electron chi connectivity index (χ3n) is 3.02. The number of benzene rings is 1. The highest BCUT2D eigenvalue weighted by Gasteiger charge is 2.38. The van der Waals surface area contributed by atoms with Gasteiger partial charge in [-0.15, -0.1) is 0 Å². The lowest BCUT2D eigenvalue weighted by Gasteiger charge is -2.26. The zero-order valence-corrected chi connectivity index (χ0v) is 11.7. The maximum atomic E-state index is 11.8. The van der Waals surface area contributed by atoms with Crippen LogP contribution in [0.15, 0.2) is 29.5 Å². The van der Waals surface area contributed by atoms with Crippen molar-refractivity contribution in [1.29, 1.82) is 0 Å². The van der Waals surface area contributed by atoms with Gasteiger partial charge >= 0.3 is 11.9 Å². The van der Waals surface area contributed by atoms with Gasteiger partial charge in [-0.05, 0) is 6.07 Å². The van der Waals surface area contributed by atoms with Gasteiger partial charge in [0.05, 0.1) is 21.3 Å². The van der Waals surface area contributed by atoms with E-state index < -0.39 is 23.8 Å². The third kappa shape index (κ3) is 2.43. The van der Waals surface area contributed by atoms with Crippen LogP contribution >= 0.6 is 0 Å². The van der Waals surface area contributed by atoms with Crippen molar-refractivity contribution in [3.05, 3.63) is 35.1 Å². The summed E-state index contributed by atoms with van der Waals surface area (Å²) >= 11 is 0. The molecule has 0 radical (unpaired) electrons. The maximum absolute atomic E-state index is 11.8. The summed E-state index contributed by atoms with van der Waals surface area (Å²) in [6, 6.07) is 4.78. The fourth-order valence-corrected chi connectivity index (χ4v) is 2.01. The maximum Gasteiger partial charge on any atom is 0.374 e. The van der Waals surface area contributed by atoms with E-state index in [-0.39, 0.29) is 11.3 Å². The number of aliphatic hydroxyl groups is 1. The molecule has 1 aromatic carbocycles. The van der Waals surface area contributed by atoms with Gasteiger partial charge in [0.25, 0.3) is 0 Å². The quantitative estimate of drug-likeness (QED) is 0.821. The molecular weight excluding hydrogens is 280 g/mol. The molecule has 2 rings (SSSR count). The molecule has 7 heteroatoms. The number of para-hydroxylation sites is 1. The molecule has 1 unspecified atom stereocenters. The molecule has 1 aliphatic rings. The number of methoxy groups -OCH3 is 3. The minimum Gasteiger partial charge on any atom is -0.493 e. The van der Waals surface area contributed by atoms with Gasteiger partial charge in [-0.1, -0.05) is 12.1 Å². The summed E-state index contributed by atoms with van der Waals surface area (Å²) in [6.07, 6.45) is -1.38. The van der Waals surface area contributed by atoms with Crippen LogP contribution in [0.4, 0.5) is 0 Å². The number of carbonyl (C=O) groups excluding carboxylic acids is 2. The Morgan fingerprint density at radius 2 is 1.81 bits per heavy atom. The molecule has 0 fully saturated rings. The van der Waals surface area contributed by atoms with Gasteiger partial charge in [-0.25, -0.2) is 9.59 Å². The second kappa shape index (κ2) is 5.84. The van der Waals surface area contributed by atoms with Crippen molar-refractivity contribution >= 4 is 11.9 Å². The number of hydrogen-bond donors (Lipinski definition) is 1. The minimum absolute atomic E-state index is 0.153. The van der Waals surface area contributed by atoms with E-state index >= 15 is 0 Å². The van der Waals surface area contributed by atoms with Crippen LogP contribution in [0.2, 0.25) is 0 Å². The molecule has 1 atom stereocenters. The summed E-state index contributed by atoms with van der Waals surface area (Å²) in [5.74, 6) is -1.73. The molecule has 1 aromatic rings. The standard InChI is InChI=1S/C14H14O7/c1-18-8-6-4-5-7-10(15)9(13(16)19-2)12(14(17)20-3)21-11(7)8/h4-6,10,15H,1-3H3. The van der Waals surface area contributed by atoms with Gasteiger partial charge in [-0.3, -0.25) is 0 Å². The topological polar surface area (TPSA) is 91.3 Å². The lowest BCUT2D eigenvalue weighted by Crippen LogP contribution is -2.27. The van der Waals surface area contributed by atoms with Crippen LogP contribution in [0.1, 0.15) is 11.7 Å². The highest BCUT2D eigenvalue weighted by molar-refractivity contribution is 6.01. The SMILES string of the molecule is COC(=O)C1=C(C(=O)OC)C(O)c2cccc(OC)c2O1. The summed E-state index contributed by atoms with van der Waals surface area (Å²) in [6.45, 7) is 0. The molecule has 112 valence electrons. The van der Waals surface area contributed by atoms with E-state index in [0.29, 0.717) is 11.3 Å². The highest BCUT2D eigenvalue weighted by Crippen LogP contribution is 2.43. The average molecular weight is 294 g/mol. The highest BCUT2D eigenvalue weighted by atomic mass is 16.6. The first kappa shape index (κ1) is 14.9. The first-order valence-corrected chi connectivity index (χ1v) is 5.98. The fraction of sp³-hybridized carbons (Fsp3) is 0.286. The Morgan fingerprint density at radius 3 is 2.38 bits per heavy atom. The first-order chi connectivity index (χ1) is 10.0. The van der Waals surface area contributed by atoms with E-state index in [2.05, 4.69) is 9.47 Å². The molecule has 0 bridgehead atoms. The van der Waals surface area contributed by atoms with Gasteiger partial charge in [0, 0.05) is 5.56 Å². The summed E-state index contributed by atoms with van der Waals surface area (Å²) in [7, 11) is 3.69. The summed E-state index contributed by atoms with van der Waals surface area (Å²) in [5.41, 5.74) is -0.0208. The predicted molar refractivity (Wildman–Crippen MR) is 69.6 cm³/mol. The molecule has 21 heavy (non-hydrogen) atoms. The molecule has 0 amide bonds. The van der Waals surface area contributed by atoms with Crippen molar-refractivity contribution in [3.8, 4) is 11.5 Å². The fourth-order valence-electron chi connectivity index (χ4n) is 2.01. The van der Waals surface area contributed by atoms with Crippen LogP contribution in [0.5, 0.6) is 11.5 Å². The molecular formula is C14H14O7. The third-order valence-corrected chi connectivity index (χ3v) is 3.02. The number of esters is 2. The van der Waals surface area contributed by atoms with Crippen LogP contribution in [-0.4, -0.2) is 38.4 Å². The Morgan fingerprint density at radius 1 is 1.14 bits per heavy atom. The van der Waals surface area contributed by atoms with E-state index in [9.17, 15) is 14.7 Å². The van der Waals surface area contributed by atoms with Crippen LogP contribution in [0.3, 0.4) is 0 Å². The second-order valence-electron chi connectivity index (χ2n) is 4.11. The van der Waals surface area contributed by atoms with Gasteiger partial charge in [0.1, 0.15) is 11.7 Å². The van der Waals surface area contributed by atoms with E-state index in [1.54, 1.807) is 18.2 Å². The molecule has 7 nitrogen and oxygen atoms in total. The van der Waals surface area contributed by atoms with Crippen LogP contribution < -0.4 is 9.47 Å². The van der Waals surface area contributed by atoms with Gasteiger partial charge < -0.3 is 24.1 Å². The summed E-state index contributed by atoms with van der Waals surface area (Å²) in [4.78, 5) is 23.6. The minimum atomic E-state index is -1.38. The summed E-state index contributed by atoms with van der Waals surface area (Å²) < 4.78 is 19.7. The lowest BCUT2D eigenvalue weighted by molar-refractivity contribution is -0.142. The van der Waals surface area contributed by atoms with Gasteiger partial charge in [0.15, 0.2) is 11.5 Å². The van der Waals surface area contributed by atoms with E-state index in [0.717, 1.165) is 14.2 Å². The van der Waals surface area contributed by atoms with Crippen molar-refractivity contribution in [3.63, 3.8) is 0 Å². The Bertz CT molecular complexity index is 618. The van der Waals surface area contributed by atoms with Crippen molar-refractivity contribution < 1.29 is 33.6 Å². The number of ether oxygens (including phenoxy) is 4. The Labute approximate surface area is 120 Å². The largest absolute Gasteiger partial charge is 0.493 e. The second-order valence-corrected chi connectivity index (χ2v) is 4.11. The normalized spacial score (nSPS) is 16.7. The van der Waals surface area contributed by atoms with Crippen molar-refractivity contribution in [2.24, 2.45) is 0 Å². The van der Waals surface area contributed by atoms with Gasteiger partial charge in [-0.2, -0.15) is 0 Å². The van der Waals surface area contributed by atoms with Crippen LogP contribution in [-0.2, 0) is 19.1 Å². The van der Waals surface area contributed by atoms with E-state index in [1.807, 2.05) is 0 Å². The Balaban J connectivity index is 2.62. The molecule has 1 heterocycles. The predicted octanol–water partition coefficient (Wildman–Crippen LogP) is 0.721. The number of carbonyl (C=O) groups is 2. The monoisotopic (exact) mass is 294 g/mol. The van der Waals surface area contributed by atoms with Crippen molar-refractivity contribution in [2.75, 3.05) is 21.3 Å². The molecule has 0 spiro atoms. The number of rotatable bonds is 3. The van der Waals surface area contributed by atoms with E-state index in [4.69, 9.17) is 9.47 Å². The van der Waals surface area contributed by atoms with E-state index in [1.165, 1.54) is 7.11 Å². The molecule has 0 aromatic heterocycles. The van der Waals surface area contributed by atoms with Crippen molar-refractivity contribution in [2.45, 2.75) is 6.10 Å². The molecule has 1 N–H and O–H groups in total. The van der Waals surface area contributed by atoms with Gasteiger partial charge in [0.2, 0.25) is 5.76 Å². The lowest BCUT2D eigenvalue weighted by atomic mass is 9.96.